The molecule has 72 valence electrons. The third-order valence-electron chi connectivity index (χ3n) is 2.07. The smallest absolute Gasteiger partial charge is 0.0505 e. The molecule has 0 spiro atoms. The Labute approximate surface area is 95.7 Å². The van der Waals surface area contributed by atoms with Crippen LogP contribution in [-0.2, 0) is 0 Å². The largest absolute Gasteiger partial charge is 0.398 e. The molecule has 0 aliphatic heterocycles. The molecule has 1 heterocycles. The Morgan fingerprint density at radius 2 is 2.07 bits per heavy atom. The number of nitrogens with two attached hydrogens (primary N) is 1. The minimum atomic E-state index is 0.832. The number of hydrogen-bond acceptors (Lipinski definition) is 2. The summed E-state index contributed by atoms with van der Waals surface area (Å²) in [5.41, 5.74) is 9.12. The third kappa shape index (κ3) is 1.70. The normalized spacial score (nSPS) is 10.4. The second kappa shape index (κ2) is 3.75. The highest BCUT2D eigenvalue weighted by atomic mass is 79.9. The molecule has 0 saturated heterocycles. The van der Waals surface area contributed by atoms with E-state index < -0.39 is 0 Å². The molecule has 3 heteroatoms. The van der Waals surface area contributed by atoms with Crippen LogP contribution in [0.2, 0.25) is 0 Å². The fourth-order valence-corrected chi connectivity index (χ4v) is 2.98. The Balaban J connectivity index is 2.62. The summed E-state index contributed by atoms with van der Waals surface area (Å²) < 4.78 is 1.11. The molecule has 14 heavy (non-hydrogen) atoms. The molecule has 2 rings (SSSR count). The van der Waals surface area contributed by atoms with Crippen molar-refractivity contribution in [2.45, 2.75) is 6.92 Å². The van der Waals surface area contributed by atoms with E-state index in [1.54, 1.807) is 11.3 Å². The summed E-state index contributed by atoms with van der Waals surface area (Å²) in [5.74, 6) is 0. The van der Waals surface area contributed by atoms with Gasteiger partial charge in [-0.25, -0.2) is 0 Å². The van der Waals surface area contributed by atoms with E-state index in [9.17, 15) is 0 Å². The van der Waals surface area contributed by atoms with Crippen LogP contribution >= 0.6 is 27.3 Å². The number of halogens is 1. The van der Waals surface area contributed by atoms with Crippen molar-refractivity contribution in [3.05, 3.63) is 39.7 Å². The highest BCUT2D eigenvalue weighted by Crippen LogP contribution is 2.36. The fourth-order valence-electron chi connectivity index (χ4n) is 1.35. The van der Waals surface area contributed by atoms with Gasteiger partial charge in [0.25, 0.3) is 0 Å². The van der Waals surface area contributed by atoms with Crippen LogP contribution in [0.3, 0.4) is 0 Å². The maximum Gasteiger partial charge on any atom is 0.0505 e. The summed E-state index contributed by atoms with van der Waals surface area (Å²) in [4.78, 5) is 1.20. The minimum absolute atomic E-state index is 0.832. The van der Waals surface area contributed by atoms with Crippen molar-refractivity contribution in [1.29, 1.82) is 0 Å². The van der Waals surface area contributed by atoms with E-state index in [-0.39, 0.29) is 0 Å². The van der Waals surface area contributed by atoms with Gasteiger partial charge in [-0.1, -0.05) is 11.6 Å². The van der Waals surface area contributed by atoms with E-state index in [0.717, 1.165) is 15.7 Å². The van der Waals surface area contributed by atoms with Crippen molar-refractivity contribution in [2.24, 2.45) is 0 Å². The molecule has 0 aliphatic rings. The number of rotatable bonds is 1. The zero-order chi connectivity index (χ0) is 10.1. The van der Waals surface area contributed by atoms with Gasteiger partial charge < -0.3 is 5.73 Å². The van der Waals surface area contributed by atoms with Gasteiger partial charge in [-0.05, 0) is 46.4 Å². The highest BCUT2D eigenvalue weighted by molar-refractivity contribution is 9.10. The van der Waals surface area contributed by atoms with Gasteiger partial charge in [0, 0.05) is 15.7 Å². The standard InChI is InChI=1S/C11H10BrNS/c1-7-2-3-10(13)8(6-7)11-9(12)4-5-14-11/h2-6H,13H2,1H3. The van der Waals surface area contributed by atoms with Crippen molar-refractivity contribution in [1.82, 2.24) is 0 Å². The van der Waals surface area contributed by atoms with Crippen LogP contribution < -0.4 is 5.73 Å². The van der Waals surface area contributed by atoms with Crippen molar-refractivity contribution in [3.8, 4) is 10.4 Å². The molecule has 0 radical (unpaired) electrons. The Hall–Kier alpha value is -0.800. The maximum atomic E-state index is 5.94. The van der Waals surface area contributed by atoms with Crippen LogP contribution in [0.25, 0.3) is 10.4 Å². The summed E-state index contributed by atoms with van der Waals surface area (Å²) in [6.45, 7) is 2.07. The number of nitrogen functional groups attached to an aromatic ring is 1. The quantitative estimate of drug-likeness (QED) is 0.775. The molecule has 2 N–H and O–H groups in total. The fraction of sp³-hybridized carbons (Fsp3) is 0.0909. The van der Waals surface area contributed by atoms with Gasteiger partial charge in [-0.3, -0.25) is 0 Å². The van der Waals surface area contributed by atoms with Gasteiger partial charge in [-0.15, -0.1) is 11.3 Å². The first kappa shape index (κ1) is 9.74. The molecular formula is C11H10BrNS. The topological polar surface area (TPSA) is 26.0 Å². The van der Waals surface area contributed by atoms with E-state index in [4.69, 9.17) is 5.73 Å². The number of thiophene rings is 1. The van der Waals surface area contributed by atoms with Gasteiger partial charge >= 0.3 is 0 Å². The van der Waals surface area contributed by atoms with E-state index in [1.165, 1.54) is 10.4 Å². The second-order valence-electron chi connectivity index (χ2n) is 3.19. The SMILES string of the molecule is Cc1ccc(N)c(-c2sccc2Br)c1. The molecule has 0 fully saturated rings. The molecule has 0 amide bonds. The van der Waals surface area contributed by atoms with E-state index >= 15 is 0 Å². The number of anilines is 1. The van der Waals surface area contributed by atoms with Gasteiger partial charge in [0.15, 0.2) is 0 Å². The minimum Gasteiger partial charge on any atom is -0.398 e. The Bertz CT molecular complexity index is 462. The van der Waals surface area contributed by atoms with Crippen molar-refractivity contribution >= 4 is 33.0 Å². The molecule has 1 aromatic carbocycles. The van der Waals surface area contributed by atoms with Crippen molar-refractivity contribution in [3.63, 3.8) is 0 Å². The van der Waals surface area contributed by atoms with Gasteiger partial charge in [0.05, 0.1) is 4.88 Å². The lowest BCUT2D eigenvalue weighted by Crippen LogP contribution is -1.89. The first-order valence-corrected chi connectivity index (χ1v) is 5.95. The zero-order valence-corrected chi connectivity index (χ0v) is 10.2. The molecule has 1 aromatic heterocycles. The lowest BCUT2D eigenvalue weighted by molar-refractivity contribution is 1.47. The molecular weight excluding hydrogens is 258 g/mol. The second-order valence-corrected chi connectivity index (χ2v) is 4.96. The first-order valence-electron chi connectivity index (χ1n) is 4.28. The Morgan fingerprint density at radius 3 is 2.71 bits per heavy atom. The average Bonchev–Trinajstić information content (AvgIpc) is 2.56. The molecule has 0 unspecified atom stereocenters. The molecule has 1 nitrogen and oxygen atoms in total. The zero-order valence-electron chi connectivity index (χ0n) is 7.75. The molecule has 0 bridgehead atoms. The summed E-state index contributed by atoms with van der Waals surface area (Å²) in [6.07, 6.45) is 0. The summed E-state index contributed by atoms with van der Waals surface area (Å²) in [7, 11) is 0. The summed E-state index contributed by atoms with van der Waals surface area (Å²) >= 11 is 5.22. The first-order chi connectivity index (χ1) is 6.68. The van der Waals surface area contributed by atoms with Crippen LogP contribution in [0.15, 0.2) is 34.1 Å². The summed E-state index contributed by atoms with van der Waals surface area (Å²) in [5, 5.41) is 2.06. The maximum absolute atomic E-state index is 5.94. The molecule has 0 aliphatic carbocycles. The van der Waals surface area contributed by atoms with E-state index in [0.29, 0.717) is 0 Å². The molecule has 0 saturated carbocycles. The predicted molar refractivity (Wildman–Crippen MR) is 66.6 cm³/mol. The number of benzene rings is 1. The predicted octanol–water partition coefficient (Wildman–Crippen LogP) is 4.07. The van der Waals surface area contributed by atoms with Crippen LogP contribution in [-0.4, -0.2) is 0 Å². The van der Waals surface area contributed by atoms with Crippen LogP contribution in [0, 0.1) is 6.92 Å². The van der Waals surface area contributed by atoms with Crippen LogP contribution in [0.5, 0.6) is 0 Å². The van der Waals surface area contributed by atoms with Crippen LogP contribution in [0.1, 0.15) is 5.56 Å². The highest BCUT2D eigenvalue weighted by Gasteiger charge is 2.07. The monoisotopic (exact) mass is 267 g/mol. The Kier molecular flexibility index (Phi) is 2.61. The van der Waals surface area contributed by atoms with Gasteiger partial charge in [0.2, 0.25) is 0 Å². The summed E-state index contributed by atoms with van der Waals surface area (Å²) in [6, 6.07) is 8.14. The van der Waals surface area contributed by atoms with Gasteiger partial charge in [0.1, 0.15) is 0 Å². The third-order valence-corrected chi connectivity index (χ3v) is 3.94. The molecule has 0 atom stereocenters. The Morgan fingerprint density at radius 1 is 1.29 bits per heavy atom. The van der Waals surface area contributed by atoms with Crippen molar-refractivity contribution in [2.75, 3.05) is 5.73 Å². The van der Waals surface area contributed by atoms with E-state index in [2.05, 4.69) is 34.3 Å². The number of aryl methyl sites for hydroxylation is 1. The lowest BCUT2D eigenvalue weighted by atomic mass is 10.1. The molecule has 2 aromatic rings. The van der Waals surface area contributed by atoms with E-state index in [1.807, 2.05) is 18.2 Å². The van der Waals surface area contributed by atoms with Gasteiger partial charge in [-0.2, -0.15) is 0 Å². The van der Waals surface area contributed by atoms with Crippen LogP contribution in [0.4, 0.5) is 5.69 Å². The number of hydrogen-bond donors (Lipinski definition) is 1. The lowest BCUT2D eigenvalue weighted by Gasteiger charge is -2.05. The average molecular weight is 268 g/mol. The van der Waals surface area contributed by atoms with Crippen molar-refractivity contribution < 1.29 is 0 Å².